The Morgan fingerprint density at radius 3 is 3.07 bits per heavy atom. The second kappa shape index (κ2) is 4.13. The summed E-state index contributed by atoms with van der Waals surface area (Å²) >= 11 is 0. The Morgan fingerprint density at radius 1 is 1.43 bits per heavy atom. The molecule has 74 valence electrons. The van der Waals surface area contributed by atoms with Gasteiger partial charge < -0.3 is 10.1 Å². The third-order valence-electron chi connectivity index (χ3n) is 2.33. The molecular formula is C11H14N2O. The lowest BCUT2D eigenvalue weighted by Gasteiger charge is -2.14. The van der Waals surface area contributed by atoms with Crippen molar-refractivity contribution in [3.8, 4) is 0 Å². The fourth-order valence-corrected chi connectivity index (χ4v) is 1.53. The summed E-state index contributed by atoms with van der Waals surface area (Å²) in [6.45, 7) is 0.836. The van der Waals surface area contributed by atoms with Crippen molar-refractivity contribution in [2.45, 2.75) is 12.8 Å². The van der Waals surface area contributed by atoms with Crippen LogP contribution in [0, 0.1) is 0 Å². The fraction of sp³-hybridized carbons (Fsp3) is 0.364. The topological polar surface area (TPSA) is 34.2 Å². The van der Waals surface area contributed by atoms with E-state index < -0.39 is 0 Å². The van der Waals surface area contributed by atoms with Crippen LogP contribution in [0.3, 0.4) is 0 Å². The number of aromatic nitrogens is 1. The summed E-state index contributed by atoms with van der Waals surface area (Å²) in [7, 11) is 1.90. The minimum atomic E-state index is 0.836. The smallest absolute Gasteiger partial charge is 0.0876 e. The van der Waals surface area contributed by atoms with E-state index in [2.05, 4.69) is 16.4 Å². The maximum atomic E-state index is 5.30. The van der Waals surface area contributed by atoms with Crippen molar-refractivity contribution in [1.29, 1.82) is 0 Å². The van der Waals surface area contributed by atoms with E-state index in [-0.39, 0.29) is 0 Å². The van der Waals surface area contributed by atoms with Crippen molar-refractivity contribution >= 4 is 11.3 Å². The summed E-state index contributed by atoms with van der Waals surface area (Å²) in [5.74, 6) is 0. The van der Waals surface area contributed by atoms with Gasteiger partial charge in [-0.15, -0.1) is 0 Å². The van der Waals surface area contributed by atoms with Crippen LogP contribution in [-0.4, -0.2) is 18.6 Å². The molecule has 3 nitrogen and oxygen atoms in total. The predicted octanol–water partition coefficient (Wildman–Crippen LogP) is 2.27. The third kappa shape index (κ3) is 1.87. The van der Waals surface area contributed by atoms with E-state index in [1.165, 1.54) is 5.57 Å². The van der Waals surface area contributed by atoms with Crippen LogP contribution in [0.25, 0.3) is 5.57 Å². The van der Waals surface area contributed by atoms with Crippen molar-refractivity contribution in [1.82, 2.24) is 4.98 Å². The largest absolute Gasteiger partial charge is 0.501 e. The lowest BCUT2D eigenvalue weighted by Crippen LogP contribution is -1.99. The van der Waals surface area contributed by atoms with Gasteiger partial charge >= 0.3 is 0 Å². The zero-order chi connectivity index (χ0) is 9.80. The van der Waals surface area contributed by atoms with Crippen LogP contribution in [0.4, 0.5) is 5.69 Å². The zero-order valence-electron chi connectivity index (χ0n) is 8.29. The number of nitrogens with zero attached hydrogens (tertiary/aromatic N) is 1. The number of allylic oxidation sites excluding steroid dienone is 1. The molecule has 0 aliphatic carbocycles. The van der Waals surface area contributed by atoms with E-state index in [0.29, 0.717) is 0 Å². The van der Waals surface area contributed by atoms with Gasteiger partial charge in [-0.05, 0) is 24.5 Å². The first-order valence-electron chi connectivity index (χ1n) is 4.84. The first-order chi connectivity index (χ1) is 6.90. The van der Waals surface area contributed by atoms with Gasteiger partial charge in [0.25, 0.3) is 0 Å². The lowest BCUT2D eigenvalue weighted by atomic mass is 10.0. The van der Waals surface area contributed by atoms with Crippen LogP contribution < -0.4 is 5.32 Å². The van der Waals surface area contributed by atoms with E-state index in [9.17, 15) is 0 Å². The van der Waals surface area contributed by atoms with Gasteiger partial charge in [-0.1, -0.05) is 0 Å². The molecule has 2 rings (SSSR count). The SMILES string of the molecule is CNc1cncc(C2=COCCC2)c1. The van der Waals surface area contributed by atoms with Gasteiger partial charge in [-0.25, -0.2) is 0 Å². The normalized spacial score (nSPS) is 15.6. The highest BCUT2D eigenvalue weighted by Crippen LogP contribution is 2.24. The molecule has 0 atom stereocenters. The Labute approximate surface area is 83.8 Å². The van der Waals surface area contributed by atoms with E-state index >= 15 is 0 Å². The van der Waals surface area contributed by atoms with Crippen LogP contribution in [0.2, 0.25) is 0 Å². The Bertz CT molecular complexity index is 347. The molecule has 0 unspecified atom stereocenters. The molecular weight excluding hydrogens is 176 g/mol. The van der Waals surface area contributed by atoms with Crippen molar-refractivity contribution in [3.63, 3.8) is 0 Å². The predicted molar refractivity (Wildman–Crippen MR) is 56.9 cm³/mol. The van der Waals surface area contributed by atoms with Gasteiger partial charge in [0, 0.05) is 25.0 Å². The standard InChI is InChI=1S/C11H14N2O/c1-12-11-5-10(6-13-7-11)9-3-2-4-14-8-9/h5-8,12H,2-4H2,1H3. The van der Waals surface area contributed by atoms with Gasteiger partial charge in [0.15, 0.2) is 0 Å². The molecule has 0 spiro atoms. The summed E-state index contributed by atoms with van der Waals surface area (Å²) in [5.41, 5.74) is 3.42. The number of hydrogen-bond donors (Lipinski definition) is 1. The van der Waals surface area contributed by atoms with Crippen LogP contribution in [0.5, 0.6) is 0 Å². The summed E-state index contributed by atoms with van der Waals surface area (Å²) < 4.78 is 5.30. The Kier molecular flexibility index (Phi) is 2.68. The number of ether oxygens (including phenoxy) is 1. The Morgan fingerprint density at radius 2 is 2.36 bits per heavy atom. The van der Waals surface area contributed by atoms with Gasteiger partial charge in [0.2, 0.25) is 0 Å². The molecule has 0 fully saturated rings. The van der Waals surface area contributed by atoms with Crippen molar-refractivity contribution in [2.24, 2.45) is 0 Å². The average Bonchev–Trinajstić information content (AvgIpc) is 2.30. The molecule has 2 heterocycles. The molecule has 3 heteroatoms. The van der Waals surface area contributed by atoms with Crippen LogP contribution >= 0.6 is 0 Å². The van der Waals surface area contributed by atoms with E-state index in [0.717, 1.165) is 30.7 Å². The van der Waals surface area contributed by atoms with Gasteiger partial charge in [-0.3, -0.25) is 4.98 Å². The second-order valence-electron chi connectivity index (χ2n) is 3.33. The minimum absolute atomic E-state index is 0.836. The third-order valence-corrected chi connectivity index (χ3v) is 2.33. The fourth-order valence-electron chi connectivity index (χ4n) is 1.53. The molecule has 0 saturated carbocycles. The molecule has 1 aliphatic rings. The van der Waals surface area contributed by atoms with E-state index in [1.807, 2.05) is 25.7 Å². The maximum absolute atomic E-state index is 5.30. The minimum Gasteiger partial charge on any atom is -0.501 e. The van der Waals surface area contributed by atoms with E-state index in [4.69, 9.17) is 4.74 Å². The molecule has 1 aromatic heterocycles. The molecule has 1 N–H and O–H groups in total. The van der Waals surface area contributed by atoms with Crippen molar-refractivity contribution in [2.75, 3.05) is 19.0 Å². The van der Waals surface area contributed by atoms with Crippen LogP contribution in [0.15, 0.2) is 24.7 Å². The summed E-state index contributed by atoms with van der Waals surface area (Å²) in [6, 6.07) is 2.09. The average molecular weight is 190 g/mol. The van der Waals surface area contributed by atoms with Crippen molar-refractivity contribution in [3.05, 3.63) is 30.3 Å². The molecule has 0 saturated heterocycles. The molecule has 0 aromatic carbocycles. The van der Waals surface area contributed by atoms with Gasteiger partial charge in [0.05, 0.1) is 18.6 Å². The van der Waals surface area contributed by atoms with Gasteiger partial charge in [0.1, 0.15) is 0 Å². The first kappa shape index (κ1) is 9.06. The molecule has 1 aliphatic heterocycles. The monoisotopic (exact) mass is 190 g/mol. The highest BCUT2D eigenvalue weighted by atomic mass is 16.5. The number of hydrogen-bond acceptors (Lipinski definition) is 3. The summed E-state index contributed by atoms with van der Waals surface area (Å²) in [6.07, 6.45) is 7.71. The first-order valence-corrected chi connectivity index (χ1v) is 4.84. The van der Waals surface area contributed by atoms with Crippen LogP contribution in [-0.2, 0) is 4.74 Å². The Balaban J connectivity index is 2.26. The van der Waals surface area contributed by atoms with E-state index in [1.54, 1.807) is 0 Å². The van der Waals surface area contributed by atoms with Crippen molar-refractivity contribution < 1.29 is 4.74 Å². The summed E-state index contributed by atoms with van der Waals surface area (Å²) in [4.78, 5) is 4.17. The number of pyridine rings is 1. The van der Waals surface area contributed by atoms with Crippen LogP contribution in [0.1, 0.15) is 18.4 Å². The number of rotatable bonds is 2. The highest BCUT2D eigenvalue weighted by Gasteiger charge is 2.07. The van der Waals surface area contributed by atoms with Gasteiger partial charge in [-0.2, -0.15) is 0 Å². The number of nitrogens with one attached hydrogen (secondary N) is 1. The second-order valence-corrected chi connectivity index (χ2v) is 3.33. The molecule has 1 aromatic rings. The maximum Gasteiger partial charge on any atom is 0.0876 e. The lowest BCUT2D eigenvalue weighted by molar-refractivity contribution is 0.235. The number of anilines is 1. The Hall–Kier alpha value is -1.51. The summed E-state index contributed by atoms with van der Waals surface area (Å²) in [5, 5.41) is 3.08. The highest BCUT2D eigenvalue weighted by molar-refractivity contribution is 5.67. The molecule has 14 heavy (non-hydrogen) atoms. The zero-order valence-corrected chi connectivity index (χ0v) is 8.29. The quantitative estimate of drug-likeness (QED) is 0.776. The molecule has 0 bridgehead atoms. The molecule has 0 amide bonds. The molecule has 0 radical (unpaired) electrons.